The van der Waals surface area contributed by atoms with Gasteiger partial charge in [0.05, 0.1) is 19.3 Å². The van der Waals surface area contributed by atoms with Crippen LogP contribution in [0, 0.1) is 5.82 Å². The van der Waals surface area contributed by atoms with E-state index in [2.05, 4.69) is 15.3 Å². The van der Waals surface area contributed by atoms with Gasteiger partial charge in [0.15, 0.2) is 0 Å². The summed E-state index contributed by atoms with van der Waals surface area (Å²) in [5, 5.41) is 13.3. The Kier molecular flexibility index (Phi) is 6.60. The lowest BCUT2D eigenvalue weighted by molar-refractivity contribution is -0.265. The predicted molar refractivity (Wildman–Crippen MR) is 136 cm³/mol. The second-order valence-electron chi connectivity index (χ2n) is 9.70. The van der Waals surface area contributed by atoms with Crippen LogP contribution in [0.5, 0.6) is 11.5 Å². The number of aliphatic hydroxyl groups is 1. The van der Waals surface area contributed by atoms with E-state index in [0.717, 1.165) is 18.2 Å². The largest absolute Gasteiger partial charge is 0.497 e. The van der Waals surface area contributed by atoms with Gasteiger partial charge in [-0.25, -0.2) is 14.4 Å². The Hall–Kier alpha value is -4.72. The molecule has 5 rings (SSSR count). The van der Waals surface area contributed by atoms with E-state index >= 15 is 0 Å². The molecule has 4 aromatic rings. The van der Waals surface area contributed by atoms with E-state index in [-0.39, 0.29) is 40.6 Å². The maximum atomic E-state index is 14.6. The summed E-state index contributed by atoms with van der Waals surface area (Å²) >= 11 is 0. The summed E-state index contributed by atoms with van der Waals surface area (Å²) in [5.41, 5.74) is -0.524. The number of nitrogens with two attached hydrogens (primary N) is 1. The summed E-state index contributed by atoms with van der Waals surface area (Å²) in [7, 11) is 1.35. The van der Waals surface area contributed by atoms with Crippen LogP contribution in [0.2, 0.25) is 0 Å². The first-order valence-electron chi connectivity index (χ1n) is 12.1. The minimum atomic E-state index is -5.36. The predicted octanol–water partition coefficient (Wildman–Crippen LogP) is 2.86. The molecule has 14 heteroatoms. The van der Waals surface area contributed by atoms with Crippen LogP contribution < -0.4 is 20.5 Å². The SMILES string of the molecule is COc1cc(C(=O)NCC(O)(c2cc3c(c(-c4ccc(F)cc4)n2)OC[C@]3(C)C(N)=O)C(F)(F)F)n2ccnc2c1. The number of carbonyl (C=O) groups excluding carboxylic acids is 2. The molecule has 214 valence electrons. The van der Waals surface area contributed by atoms with Crippen molar-refractivity contribution in [1.82, 2.24) is 19.7 Å². The van der Waals surface area contributed by atoms with Crippen molar-refractivity contribution in [2.75, 3.05) is 20.3 Å². The highest BCUT2D eigenvalue weighted by Crippen LogP contribution is 2.47. The van der Waals surface area contributed by atoms with Gasteiger partial charge in [-0.1, -0.05) is 0 Å². The highest BCUT2D eigenvalue weighted by molar-refractivity contribution is 5.94. The molecule has 1 aliphatic heterocycles. The van der Waals surface area contributed by atoms with E-state index in [0.29, 0.717) is 5.65 Å². The Balaban J connectivity index is 1.61. The first-order valence-corrected chi connectivity index (χ1v) is 12.1. The topological polar surface area (TPSA) is 141 Å². The van der Waals surface area contributed by atoms with Crippen molar-refractivity contribution in [1.29, 1.82) is 0 Å². The van der Waals surface area contributed by atoms with Crippen molar-refractivity contribution in [3.05, 3.63) is 77.6 Å². The summed E-state index contributed by atoms with van der Waals surface area (Å²) in [5.74, 6) is -2.27. The number of rotatable bonds is 7. The Morgan fingerprint density at radius 1 is 1.22 bits per heavy atom. The lowest BCUT2D eigenvalue weighted by Crippen LogP contribution is -2.52. The molecule has 0 fully saturated rings. The van der Waals surface area contributed by atoms with Crippen LogP contribution in [-0.4, -0.2) is 57.7 Å². The second-order valence-corrected chi connectivity index (χ2v) is 9.70. The molecule has 3 aromatic heterocycles. The van der Waals surface area contributed by atoms with E-state index in [9.17, 15) is 32.3 Å². The number of halogens is 4. The zero-order chi connectivity index (χ0) is 29.7. The highest BCUT2D eigenvalue weighted by atomic mass is 19.4. The van der Waals surface area contributed by atoms with Crippen LogP contribution in [0.4, 0.5) is 17.6 Å². The van der Waals surface area contributed by atoms with E-state index in [1.54, 1.807) is 0 Å². The third kappa shape index (κ3) is 4.59. The maximum Gasteiger partial charge on any atom is 0.424 e. The Labute approximate surface area is 229 Å². The zero-order valence-corrected chi connectivity index (χ0v) is 21.6. The fourth-order valence-electron chi connectivity index (χ4n) is 4.53. The van der Waals surface area contributed by atoms with E-state index in [1.807, 2.05) is 0 Å². The van der Waals surface area contributed by atoms with Crippen LogP contribution in [0.25, 0.3) is 16.9 Å². The zero-order valence-electron chi connectivity index (χ0n) is 21.6. The summed E-state index contributed by atoms with van der Waals surface area (Å²) in [4.78, 5) is 33.6. The van der Waals surface area contributed by atoms with Crippen molar-refractivity contribution in [3.63, 3.8) is 0 Å². The molecule has 0 saturated carbocycles. The number of hydrogen-bond acceptors (Lipinski definition) is 7. The Morgan fingerprint density at radius 2 is 1.93 bits per heavy atom. The molecule has 2 atom stereocenters. The summed E-state index contributed by atoms with van der Waals surface area (Å²) in [6.45, 7) is -0.270. The van der Waals surface area contributed by atoms with Crippen LogP contribution in [0.15, 0.2) is 54.9 Å². The third-order valence-electron chi connectivity index (χ3n) is 7.08. The smallest absolute Gasteiger partial charge is 0.424 e. The average molecular weight is 574 g/mol. The quantitative estimate of drug-likeness (QED) is 0.289. The summed E-state index contributed by atoms with van der Waals surface area (Å²) < 4.78 is 69.6. The van der Waals surface area contributed by atoms with Gasteiger partial charge in [-0.2, -0.15) is 13.2 Å². The van der Waals surface area contributed by atoms with E-state index < -0.39 is 47.1 Å². The van der Waals surface area contributed by atoms with Gasteiger partial charge in [0.25, 0.3) is 5.91 Å². The fourth-order valence-corrected chi connectivity index (χ4v) is 4.53. The molecular weight excluding hydrogens is 550 g/mol. The fraction of sp³-hybridized carbons (Fsp3) is 0.259. The monoisotopic (exact) mass is 573 g/mol. The number of imidazole rings is 1. The van der Waals surface area contributed by atoms with Gasteiger partial charge in [0.2, 0.25) is 11.5 Å². The van der Waals surface area contributed by atoms with Crippen molar-refractivity contribution in [2.24, 2.45) is 5.73 Å². The second kappa shape index (κ2) is 9.73. The Morgan fingerprint density at radius 3 is 2.56 bits per heavy atom. The molecule has 1 aliphatic rings. The summed E-state index contributed by atoms with van der Waals surface area (Å²) in [6.07, 6.45) is -2.54. The number of aromatic nitrogens is 3. The van der Waals surface area contributed by atoms with Gasteiger partial charge in [0, 0.05) is 35.7 Å². The van der Waals surface area contributed by atoms with Gasteiger partial charge in [0.1, 0.15) is 46.4 Å². The van der Waals surface area contributed by atoms with E-state index in [4.69, 9.17) is 15.2 Å². The number of fused-ring (bicyclic) bond motifs is 2. The molecule has 10 nitrogen and oxygen atoms in total. The maximum absolute atomic E-state index is 14.6. The molecule has 4 N–H and O–H groups in total. The van der Waals surface area contributed by atoms with E-state index in [1.165, 1.54) is 55.1 Å². The van der Waals surface area contributed by atoms with Crippen LogP contribution in [0.3, 0.4) is 0 Å². The molecule has 41 heavy (non-hydrogen) atoms. The van der Waals surface area contributed by atoms with Crippen molar-refractivity contribution >= 4 is 17.5 Å². The number of pyridine rings is 2. The number of nitrogens with one attached hydrogen (secondary N) is 1. The number of alkyl halides is 3. The lowest BCUT2D eigenvalue weighted by atomic mass is 9.81. The van der Waals surface area contributed by atoms with Gasteiger partial charge in [-0.15, -0.1) is 0 Å². The first-order chi connectivity index (χ1) is 19.3. The van der Waals surface area contributed by atoms with Crippen molar-refractivity contribution in [2.45, 2.75) is 24.1 Å². The molecule has 0 bridgehead atoms. The number of carbonyl (C=O) groups is 2. The van der Waals surface area contributed by atoms with Crippen molar-refractivity contribution < 1.29 is 41.7 Å². The number of benzene rings is 1. The molecule has 0 spiro atoms. The highest BCUT2D eigenvalue weighted by Gasteiger charge is 2.57. The molecule has 1 unspecified atom stereocenters. The van der Waals surface area contributed by atoms with Gasteiger partial charge in [-0.3, -0.25) is 14.0 Å². The molecular formula is C27H23F4N5O5. The first kappa shape index (κ1) is 27.8. The van der Waals surface area contributed by atoms with Gasteiger partial charge < -0.3 is 25.6 Å². The van der Waals surface area contributed by atoms with Crippen LogP contribution >= 0.6 is 0 Å². The van der Waals surface area contributed by atoms with Crippen molar-refractivity contribution in [3.8, 4) is 22.8 Å². The average Bonchev–Trinajstić information content (AvgIpc) is 3.55. The number of primary amides is 1. The summed E-state index contributed by atoms with van der Waals surface area (Å²) in [6, 6.07) is 8.37. The minimum Gasteiger partial charge on any atom is -0.497 e. The van der Waals surface area contributed by atoms with Crippen LogP contribution in [-0.2, 0) is 15.8 Å². The lowest BCUT2D eigenvalue weighted by Gasteiger charge is -2.31. The minimum absolute atomic E-state index is 0.0332. The van der Waals surface area contributed by atoms with Gasteiger partial charge >= 0.3 is 6.18 Å². The number of methoxy groups -OCH3 is 1. The molecule has 0 saturated heterocycles. The molecule has 1 aromatic carbocycles. The standard InChI is InChI=1S/C27H23F4N5O5/c1-25(24(32)38)13-41-22-17(25)11-19(35-21(22)14-3-5-15(28)6-4-14)26(39,27(29,30)31)12-34-23(37)18-9-16(40-2)10-20-33-7-8-36(18)20/h3-11,39H,12-13H2,1-2H3,(H2,32,38)(H,34,37)/t25-,26?/m0/s1. The molecule has 2 amide bonds. The normalized spacial score (nSPS) is 17.9. The van der Waals surface area contributed by atoms with Crippen LogP contribution in [0.1, 0.15) is 28.7 Å². The number of amides is 2. The third-order valence-corrected chi connectivity index (χ3v) is 7.08. The number of hydrogen-bond donors (Lipinski definition) is 3. The number of nitrogens with zero attached hydrogens (tertiary/aromatic N) is 3. The van der Waals surface area contributed by atoms with Gasteiger partial charge in [-0.05, 0) is 37.3 Å². The molecule has 0 radical (unpaired) electrons. The Bertz CT molecular complexity index is 1670. The number of ether oxygens (including phenoxy) is 2. The molecule has 0 aliphatic carbocycles. The molecule has 4 heterocycles.